The lowest BCUT2D eigenvalue weighted by molar-refractivity contribution is 0.0951. The minimum Gasteiger partial charge on any atom is -0.457 e. The average Bonchev–Trinajstić information content (AvgIpc) is 3.11. The molecule has 0 radical (unpaired) electrons. The lowest BCUT2D eigenvalue weighted by atomic mass is 10.2. The van der Waals surface area contributed by atoms with Crippen LogP contribution in [0, 0.1) is 0 Å². The molecular weight excluding hydrogens is 290 g/mol. The Morgan fingerprint density at radius 1 is 1.00 bits per heavy atom. The fraction of sp³-hybridized carbons (Fsp3) is 0. The van der Waals surface area contributed by atoms with Crippen LogP contribution in [0.2, 0.25) is 0 Å². The van der Waals surface area contributed by atoms with E-state index in [4.69, 9.17) is 4.74 Å². The van der Waals surface area contributed by atoms with E-state index in [1.54, 1.807) is 24.5 Å². The number of hydrogen-bond donors (Lipinski definition) is 2. The lowest BCUT2D eigenvalue weighted by Crippen LogP contribution is -2.17. The second-order valence-electron chi connectivity index (χ2n) is 4.77. The zero-order valence-electron chi connectivity index (χ0n) is 12.3. The number of hydrazone groups is 1. The van der Waals surface area contributed by atoms with Crippen LogP contribution in [0.4, 0.5) is 0 Å². The Hall–Kier alpha value is -3.34. The molecule has 0 fully saturated rings. The fourth-order valence-electron chi connectivity index (χ4n) is 1.98. The molecule has 23 heavy (non-hydrogen) atoms. The first kappa shape index (κ1) is 14.6. The van der Waals surface area contributed by atoms with Gasteiger partial charge in [0.1, 0.15) is 17.2 Å². The Kier molecular flexibility index (Phi) is 4.49. The van der Waals surface area contributed by atoms with Gasteiger partial charge in [-0.25, -0.2) is 5.43 Å². The lowest BCUT2D eigenvalue weighted by Gasteiger charge is -2.05. The molecule has 1 amide bonds. The third kappa shape index (κ3) is 4.07. The molecule has 1 aromatic heterocycles. The Morgan fingerprint density at radius 3 is 2.61 bits per heavy atom. The first-order chi connectivity index (χ1) is 11.3. The minimum absolute atomic E-state index is 0.289. The summed E-state index contributed by atoms with van der Waals surface area (Å²) >= 11 is 0. The highest BCUT2D eigenvalue weighted by atomic mass is 16.5. The molecule has 114 valence electrons. The summed E-state index contributed by atoms with van der Waals surface area (Å²) < 4.78 is 5.75. The Balaban J connectivity index is 1.63. The molecule has 0 saturated heterocycles. The maximum absolute atomic E-state index is 11.7. The number of carbonyl (C=O) groups is 1. The average molecular weight is 305 g/mol. The molecule has 0 unspecified atom stereocenters. The van der Waals surface area contributed by atoms with Crippen LogP contribution in [0.3, 0.4) is 0 Å². The van der Waals surface area contributed by atoms with Gasteiger partial charge in [-0.1, -0.05) is 30.3 Å². The highest BCUT2D eigenvalue weighted by Crippen LogP contribution is 2.21. The molecule has 5 heteroatoms. The largest absolute Gasteiger partial charge is 0.457 e. The standard InChI is InChI=1S/C18H15N3O2/c22-18(17-10-5-11-19-17)21-20-13-14-6-4-9-16(12-14)23-15-7-2-1-3-8-15/h1-13,19H,(H,21,22)/b20-13-. The van der Waals surface area contributed by atoms with Gasteiger partial charge in [0.2, 0.25) is 0 Å². The van der Waals surface area contributed by atoms with Gasteiger partial charge in [0.25, 0.3) is 5.91 Å². The summed E-state index contributed by atoms with van der Waals surface area (Å²) in [6.45, 7) is 0. The molecule has 1 heterocycles. The first-order valence-corrected chi connectivity index (χ1v) is 7.11. The van der Waals surface area contributed by atoms with E-state index >= 15 is 0 Å². The third-order valence-corrected chi connectivity index (χ3v) is 3.06. The topological polar surface area (TPSA) is 66.5 Å². The molecule has 0 atom stereocenters. The van der Waals surface area contributed by atoms with Gasteiger partial charge in [-0.05, 0) is 42.0 Å². The molecule has 0 spiro atoms. The summed E-state index contributed by atoms with van der Waals surface area (Å²) in [7, 11) is 0. The van der Waals surface area contributed by atoms with Crippen molar-refractivity contribution in [1.29, 1.82) is 0 Å². The van der Waals surface area contributed by atoms with Gasteiger partial charge < -0.3 is 9.72 Å². The van der Waals surface area contributed by atoms with E-state index in [1.807, 2.05) is 54.6 Å². The van der Waals surface area contributed by atoms with Crippen LogP contribution in [-0.4, -0.2) is 17.1 Å². The maximum Gasteiger partial charge on any atom is 0.287 e. The minimum atomic E-state index is -0.289. The van der Waals surface area contributed by atoms with Crippen molar-refractivity contribution in [2.24, 2.45) is 5.10 Å². The molecule has 5 nitrogen and oxygen atoms in total. The van der Waals surface area contributed by atoms with Crippen LogP contribution in [-0.2, 0) is 0 Å². The number of nitrogens with one attached hydrogen (secondary N) is 2. The predicted octanol–water partition coefficient (Wildman–Crippen LogP) is 3.57. The van der Waals surface area contributed by atoms with Crippen molar-refractivity contribution >= 4 is 12.1 Å². The summed E-state index contributed by atoms with van der Waals surface area (Å²) in [6.07, 6.45) is 3.25. The van der Waals surface area contributed by atoms with Crippen LogP contribution in [0.25, 0.3) is 0 Å². The van der Waals surface area contributed by atoms with E-state index in [0.717, 1.165) is 11.3 Å². The molecule has 0 bridgehead atoms. The Labute approximate surface area is 133 Å². The van der Waals surface area contributed by atoms with Gasteiger partial charge in [0, 0.05) is 6.20 Å². The summed E-state index contributed by atoms with van der Waals surface area (Å²) in [5.74, 6) is 1.18. The number of H-pyrrole nitrogens is 1. The maximum atomic E-state index is 11.7. The normalized spacial score (nSPS) is 10.6. The van der Waals surface area contributed by atoms with Crippen LogP contribution in [0.5, 0.6) is 11.5 Å². The third-order valence-electron chi connectivity index (χ3n) is 3.06. The van der Waals surface area contributed by atoms with Crippen LogP contribution in [0.15, 0.2) is 78.0 Å². The summed E-state index contributed by atoms with van der Waals surface area (Å²) in [4.78, 5) is 14.5. The van der Waals surface area contributed by atoms with E-state index in [1.165, 1.54) is 0 Å². The molecule has 2 aromatic carbocycles. The van der Waals surface area contributed by atoms with Crippen molar-refractivity contribution < 1.29 is 9.53 Å². The van der Waals surface area contributed by atoms with Crippen molar-refractivity contribution in [1.82, 2.24) is 10.4 Å². The van der Waals surface area contributed by atoms with Crippen molar-refractivity contribution in [2.75, 3.05) is 0 Å². The predicted molar refractivity (Wildman–Crippen MR) is 88.8 cm³/mol. The number of benzene rings is 2. The van der Waals surface area contributed by atoms with Gasteiger partial charge in [-0.3, -0.25) is 4.79 Å². The number of aromatic amines is 1. The van der Waals surface area contributed by atoms with Crippen LogP contribution >= 0.6 is 0 Å². The number of para-hydroxylation sites is 1. The van der Waals surface area contributed by atoms with E-state index in [9.17, 15) is 4.79 Å². The molecule has 3 aromatic rings. The molecule has 3 rings (SSSR count). The highest BCUT2D eigenvalue weighted by molar-refractivity contribution is 5.93. The van der Waals surface area contributed by atoms with Gasteiger partial charge in [0.05, 0.1) is 6.21 Å². The molecule has 0 aliphatic carbocycles. The molecule has 0 aliphatic rings. The number of nitrogens with zero attached hydrogens (tertiary/aromatic N) is 1. The first-order valence-electron chi connectivity index (χ1n) is 7.11. The SMILES string of the molecule is O=C(N/N=C\c1cccc(Oc2ccccc2)c1)c1ccc[nH]1. The van der Waals surface area contributed by atoms with E-state index in [2.05, 4.69) is 15.5 Å². The monoisotopic (exact) mass is 305 g/mol. The van der Waals surface area contributed by atoms with Crippen molar-refractivity contribution in [3.8, 4) is 11.5 Å². The van der Waals surface area contributed by atoms with Crippen LogP contribution < -0.4 is 10.2 Å². The summed E-state index contributed by atoms with van der Waals surface area (Å²) in [5, 5.41) is 3.95. The Morgan fingerprint density at radius 2 is 1.83 bits per heavy atom. The van der Waals surface area contributed by atoms with Gasteiger partial charge >= 0.3 is 0 Å². The molecular formula is C18H15N3O2. The number of carbonyl (C=O) groups excluding carboxylic acids is 1. The highest BCUT2D eigenvalue weighted by Gasteiger charge is 2.03. The molecule has 2 N–H and O–H groups in total. The zero-order chi connectivity index (χ0) is 15.9. The Bertz CT molecular complexity index is 796. The van der Waals surface area contributed by atoms with Crippen molar-refractivity contribution in [3.63, 3.8) is 0 Å². The van der Waals surface area contributed by atoms with E-state index < -0.39 is 0 Å². The number of hydrogen-bond acceptors (Lipinski definition) is 3. The number of rotatable bonds is 5. The summed E-state index contributed by atoms with van der Waals surface area (Å²) in [6, 6.07) is 20.4. The smallest absolute Gasteiger partial charge is 0.287 e. The van der Waals surface area contributed by atoms with Gasteiger partial charge in [-0.15, -0.1) is 0 Å². The zero-order valence-corrected chi connectivity index (χ0v) is 12.3. The summed E-state index contributed by atoms with van der Waals surface area (Å²) in [5.41, 5.74) is 3.75. The van der Waals surface area contributed by atoms with E-state index in [-0.39, 0.29) is 5.91 Å². The quantitative estimate of drug-likeness (QED) is 0.559. The van der Waals surface area contributed by atoms with Crippen molar-refractivity contribution in [2.45, 2.75) is 0 Å². The molecule has 0 aliphatic heterocycles. The fourth-order valence-corrected chi connectivity index (χ4v) is 1.98. The van der Waals surface area contributed by atoms with Crippen molar-refractivity contribution in [3.05, 3.63) is 84.2 Å². The second-order valence-corrected chi connectivity index (χ2v) is 4.77. The van der Waals surface area contributed by atoms with Gasteiger partial charge in [0.15, 0.2) is 0 Å². The number of aromatic nitrogens is 1. The molecule has 0 saturated carbocycles. The number of ether oxygens (including phenoxy) is 1. The van der Waals surface area contributed by atoms with Crippen LogP contribution in [0.1, 0.15) is 16.1 Å². The van der Waals surface area contributed by atoms with E-state index in [0.29, 0.717) is 11.4 Å². The van der Waals surface area contributed by atoms with Gasteiger partial charge in [-0.2, -0.15) is 5.10 Å². The second kappa shape index (κ2) is 7.09. The number of amides is 1.